The molecule has 1 saturated carbocycles. The van der Waals surface area contributed by atoms with Gasteiger partial charge in [-0.05, 0) is 41.9 Å². The van der Waals surface area contributed by atoms with Gasteiger partial charge in [-0.2, -0.15) is 0 Å². The summed E-state index contributed by atoms with van der Waals surface area (Å²) in [6.07, 6.45) is 2.53. The molecule has 1 heterocycles. The number of rotatable bonds is 3. The zero-order valence-electron chi connectivity index (χ0n) is 30.8. The first kappa shape index (κ1) is 38.5. The summed E-state index contributed by atoms with van der Waals surface area (Å²) >= 11 is 0. The van der Waals surface area contributed by atoms with Gasteiger partial charge < -0.3 is 4.90 Å². The lowest BCUT2D eigenvalue weighted by Crippen LogP contribution is -2.48. The Kier molecular flexibility index (Phi) is 11.4. The fourth-order valence-electron chi connectivity index (χ4n) is 6.30. The Labute approximate surface area is 259 Å². The average Bonchev–Trinajstić information content (AvgIpc) is 3.39. The molecule has 1 amide bonds. The van der Waals surface area contributed by atoms with Crippen LogP contribution < -0.4 is 0 Å². The first-order valence-corrected chi connectivity index (χ1v) is 16.2. The number of ketones is 3. The third-order valence-corrected chi connectivity index (χ3v) is 9.41. The van der Waals surface area contributed by atoms with Crippen LogP contribution in [-0.2, 0) is 19.2 Å². The number of nitrogens with zero attached hydrogens (tertiary/aromatic N) is 1. The molecule has 4 unspecified atom stereocenters. The lowest BCUT2D eigenvalue weighted by molar-refractivity contribution is -0.146. The number of likely N-dealkylation sites (tertiary alicyclic amines) is 1. The van der Waals surface area contributed by atoms with Gasteiger partial charge in [-0.3, -0.25) is 19.2 Å². The van der Waals surface area contributed by atoms with Gasteiger partial charge in [-0.25, -0.2) is 0 Å². The number of hydrogen-bond acceptors (Lipinski definition) is 4. The highest BCUT2D eigenvalue weighted by Crippen LogP contribution is 2.49. The van der Waals surface area contributed by atoms with Crippen LogP contribution >= 0.6 is 0 Å². The van der Waals surface area contributed by atoms with Crippen LogP contribution in [0.1, 0.15) is 144 Å². The van der Waals surface area contributed by atoms with Gasteiger partial charge in [0.25, 0.3) is 0 Å². The molecular weight excluding hydrogens is 522 g/mol. The molecule has 0 aromatic rings. The van der Waals surface area contributed by atoms with Crippen LogP contribution in [0.15, 0.2) is 0 Å². The van der Waals surface area contributed by atoms with Crippen molar-refractivity contribution < 1.29 is 19.2 Å². The van der Waals surface area contributed by atoms with Crippen LogP contribution in [0.3, 0.4) is 0 Å². The van der Waals surface area contributed by atoms with E-state index in [2.05, 4.69) is 41.5 Å². The number of amides is 1. The molecule has 0 bridgehead atoms. The van der Waals surface area contributed by atoms with Crippen molar-refractivity contribution in [3.8, 4) is 0 Å². The van der Waals surface area contributed by atoms with Gasteiger partial charge in [0, 0.05) is 40.0 Å². The van der Waals surface area contributed by atoms with Crippen LogP contribution in [0, 0.1) is 56.2 Å². The highest BCUT2D eigenvalue weighted by molar-refractivity contribution is 5.95. The van der Waals surface area contributed by atoms with Crippen LogP contribution in [0.5, 0.6) is 0 Å². The monoisotopic (exact) mass is 590 g/mol. The number of Topliss-reactive ketones (excluding diaryl/α,β-unsaturated/α-hetero) is 3. The fourth-order valence-corrected chi connectivity index (χ4v) is 6.30. The molecule has 0 aromatic carbocycles. The van der Waals surface area contributed by atoms with Crippen molar-refractivity contribution in [2.24, 2.45) is 56.2 Å². The van der Waals surface area contributed by atoms with Crippen molar-refractivity contribution in [2.45, 2.75) is 150 Å². The van der Waals surface area contributed by atoms with Crippen molar-refractivity contribution in [1.29, 1.82) is 0 Å². The van der Waals surface area contributed by atoms with Gasteiger partial charge in [-0.1, -0.05) is 125 Å². The molecule has 2 rings (SSSR count). The maximum absolute atomic E-state index is 12.8. The van der Waals surface area contributed by atoms with Gasteiger partial charge in [0.05, 0.1) is 6.04 Å². The zero-order chi connectivity index (χ0) is 33.6. The van der Waals surface area contributed by atoms with E-state index in [1.54, 1.807) is 0 Å². The predicted molar refractivity (Wildman–Crippen MR) is 175 cm³/mol. The summed E-state index contributed by atoms with van der Waals surface area (Å²) in [5.74, 6) is 1.43. The fraction of sp³-hybridized carbons (Fsp3) is 0.892. The van der Waals surface area contributed by atoms with E-state index < -0.39 is 10.8 Å². The third-order valence-electron chi connectivity index (χ3n) is 9.41. The summed E-state index contributed by atoms with van der Waals surface area (Å²) in [6.45, 7) is 37.4. The van der Waals surface area contributed by atoms with Crippen LogP contribution in [0.25, 0.3) is 0 Å². The van der Waals surface area contributed by atoms with E-state index in [-0.39, 0.29) is 62.8 Å². The average molecular weight is 590 g/mol. The molecule has 1 saturated heterocycles. The second kappa shape index (κ2) is 12.5. The highest BCUT2D eigenvalue weighted by atomic mass is 16.2. The van der Waals surface area contributed by atoms with Crippen molar-refractivity contribution in [2.75, 3.05) is 6.54 Å². The Hall–Kier alpha value is -1.52. The Morgan fingerprint density at radius 2 is 0.786 bits per heavy atom. The molecule has 2 fully saturated rings. The molecule has 42 heavy (non-hydrogen) atoms. The summed E-state index contributed by atoms with van der Waals surface area (Å²) in [6, 6.07) is -0.263. The number of carbonyl (C=O) groups excluding carboxylic acids is 4. The summed E-state index contributed by atoms with van der Waals surface area (Å²) in [5.41, 5.74) is -1.31. The smallest absolute Gasteiger partial charge is 0.228 e. The lowest BCUT2D eigenvalue weighted by Gasteiger charge is -2.33. The van der Waals surface area contributed by atoms with E-state index in [4.69, 9.17) is 0 Å². The van der Waals surface area contributed by atoms with Gasteiger partial charge in [0.15, 0.2) is 5.78 Å². The minimum absolute atomic E-state index is 0.0943. The Bertz CT molecular complexity index is 845. The maximum atomic E-state index is 12.8. The van der Waals surface area contributed by atoms with Crippen LogP contribution in [0.2, 0.25) is 0 Å². The molecule has 1 aliphatic heterocycles. The van der Waals surface area contributed by atoms with E-state index in [0.717, 1.165) is 19.3 Å². The molecular formula is C37H67NO4. The standard InChI is InChI=1S/C19H34O2.C18H33NO2/c1-17(2,3)12-10-13(15(20)18(4,5)6)14(11-12)16(21)19(7,8)9;1-16(2,3)12-10-13(14(20)17(4,5)6)19(11-12)15(21)18(7,8)9/h12-14H,10-11H2,1-9H3;12-13H,10-11H2,1-9H3. The highest BCUT2D eigenvalue weighted by Gasteiger charge is 2.50. The number of carbonyl (C=O) groups is 4. The Balaban J connectivity index is 0.000000420. The SMILES string of the molecule is CC(C)(C)C(=O)C1CC(C(C)(C)C)CC1C(=O)C(C)(C)C.CC(C)(C)C(=O)C1CC(C(C)(C)C)CN1C(=O)C(C)(C)C. The Morgan fingerprint density at radius 3 is 1.05 bits per heavy atom. The van der Waals surface area contributed by atoms with E-state index in [1.165, 1.54) is 0 Å². The second-order valence-electron chi connectivity index (χ2n) is 19.6. The van der Waals surface area contributed by atoms with Crippen molar-refractivity contribution in [3.05, 3.63) is 0 Å². The molecule has 0 spiro atoms. The van der Waals surface area contributed by atoms with Crippen molar-refractivity contribution in [3.63, 3.8) is 0 Å². The molecule has 0 radical (unpaired) electrons. The maximum Gasteiger partial charge on any atom is 0.228 e. The first-order chi connectivity index (χ1) is 18.3. The minimum atomic E-state index is -0.441. The minimum Gasteiger partial charge on any atom is -0.332 e. The molecule has 5 nitrogen and oxygen atoms in total. The van der Waals surface area contributed by atoms with Crippen LogP contribution in [0.4, 0.5) is 0 Å². The van der Waals surface area contributed by atoms with Crippen LogP contribution in [-0.4, -0.2) is 40.7 Å². The second-order valence-corrected chi connectivity index (χ2v) is 19.6. The zero-order valence-corrected chi connectivity index (χ0v) is 30.8. The van der Waals surface area contributed by atoms with E-state index in [0.29, 0.717) is 18.4 Å². The van der Waals surface area contributed by atoms with E-state index in [1.807, 2.05) is 88.0 Å². The third kappa shape index (κ3) is 9.74. The van der Waals surface area contributed by atoms with E-state index in [9.17, 15) is 19.2 Å². The molecule has 4 atom stereocenters. The number of hydrogen-bond donors (Lipinski definition) is 0. The summed E-state index contributed by atoms with van der Waals surface area (Å²) < 4.78 is 0. The molecule has 1 aliphatic carbocycles. The van der Waals surface area contributed by atoms with Gasteiger partial charge in [-0.15, -0.1) is 0 Å². The largest absolute Gasteiger partial charge is 0.332 e. The van der Waals surface area contributed by atoms with Gasteiger partial charge >= 0.3 is 0 Å². The molecule has 0 aromatic heterocycles. The van der Waals surface area contributed by atoms with Crippen molar-refractivity contribution >= 4 is 23.3 Å². The summed E-state index contributed by atoms with van der Waals surface area (Å²) in [7, 11) is 0. The predicted octanol–water partition coefficient (Wildman–Crippen LogP) is 8.82. The summed E-state index contributed by atoms with van der Waals surface area (Å²) in [5, 5.41) is 0. The quantitative estimate of drug-likeness (QED) is 0.330. The first-order valence-electron chi connectivity index (χ1n) is 16.2. The lowest BCUT2D eigenvalue weighted by atomic mass is 9.73. The van der Waals surface area contributed by atoms with Crippen molar-refractivity contribution in [1.82, 2.24) is 4.90 Å². The molecule has 2 aliphatic rings. The normalized spacial score (nSPS) is 26.0. The molecule has 0 N–H and O–H groups in total. The van der Waals surface area contributed by atoms with E-state index >= 15 is 0 Å². The summed E-state index contributed by atoms with van der Waals surface area (Å²) in [4.78, 5) is 53.1. The Morgan fingerprint density at radius 1 is 0.452 bits per heavy atom. The topological polar surface area (TPSA) is 71.5 Å². The van der Waals surface area contributed by atoms with Gasteiger partial charge in [0.1, 0.15) is 11.6 Å². The molecule has 5 heteroatoms. The van der Waals surface area contributed by atoms with Gasteiger partial charge in [0.2, 0.25) is 5.91 Å². The molecule has 244 valence electrons.